The number of aryl methyl sites for hydroxylation is 1. The fourth-order valence-corrected chi connectivity index (χ4v) is 8.65. The zero-order valence-corrected chi connectivity index (χ0v) is 45.3. The van der Waals surface area contributed by atoms with Gasteiger partial charge in [-0.3, -0.25) is 9.55 Å². The van der Waals surface area contributed by atoms with Crippen LogP contribution in [0.2, 0.25) is 0 Å². The van der Waals surface area contributed by atoms with Gasteiger partial charge in [0.25, 0.3) is 0 Å². The van der Waals surface area contributed by atoms with Gasteiger partial charge in [-0.05, 0) is 104 Å². The van der Waals surface area contributed by atoms with Crippen LogP contribution in [-0.4, -0.2) is 19.6 Å². The van der Waals surface area contributed by atoms with Crippen LogP contribution >= 0.6 is 0 Å². The van der Waals surface area contributed by atoms with Crippen molar-refractivity contribution in [2.24, 2.45) is 5.41 Å². The fourth-order valence-electron chi connectivity index (χ4n) is 8.65. The molecular weight excluding hydrogens is 1020 g/mol. The topological polar surface area (TPSA) is 50.9 Å². The molecule has 0 saturated heterocycles. The quantitative estimate of drug-likeness (QED) is 0.162. The van der Waals surface area contributed by atoms with Crippen molar-refractivity contribution in [2.75, 3.05) is 0 Å². The first-order valence-electron chi connectivity index (χ1n) is 27.7. The summed E-state index contributed by atoms with van der Waals surface area (Å²) in [5, 5.41) is 12.6. The molecule has 2 heterocycles. The van der Waals surface area contributed by atoms with Crippen molar-refractivity contribution in [3.63, 3.8) is 0 Å². The average Bonchev–Trinajstić information content (AvgIpc) is 3.70. The minimum absolute atomic E-state index is 0. The van der Waals surface area contributed by atoms with E-state index in [1.165, 1.54) is 18.3 Å². The van der Waals surface area contributed by atoms with Crippen molar-refractivity contribution < 1.29 is 37.1 Å². The van der Waals surface area contributed by atoms with E-state index in [4.69, 9.17) is 11.8 Å². The average molecular weight is 1100 g/mol. The first kappa shape index (κ1) is 41.2. The Bertz CT molecular complexity index is 3540. The number of para-hydroxylation sites is 1. The zero-order valence-electron chi connectivity index (χ0n) is 51.0. The summed E-state index contributed by atoms with van der Waals surface area (Å²) in [7, 11) is 0. The van der Waals surface area contributed by atoms with Gasteiger partial charge in [-0.2, -0.15) is 0 Å². The molecule has 0 amide bonds. The van der Waals surface area contributed by atoms with Gasteiger partial charge in [0.05, 0.1) is 26.4 Å². The molecule has 0 aliphatic carbocycles. The number of rotatable bonds is 7. The zero-order chi connectivity index (χ0) is 56.2. The second-order valence-electron chi connectivity index (χ2n) is 23.5. The summed E-state index contributed by atoms with van der Waals surface area (Å²) in [4.78, 5) is 10.3. The van der Waals surface area contributed by atoms with Crippen LogP contribution < -0.4 is 0 Å². The Morgan fingerprint density at radius 2 is 1.25 bits per heavy atom. The number of phenols is 1. The van der Waals surface area contributed by atoms with Crippen LogP contribution in [0.1, 0.15) is 148 Å². The van der Waals surface area contributed by atoms with Gasteiger partial charge in [-0.25, -0.2) is 4.98 Å². The predicted octanol–water partition coefficient (Wildman–Crippen LogP) is 17.3. The third kappa shape index (κ3) is 10.8. The van der Waals surface area contributed by atoms with E-state index >= 15 is 0 Å². The number of aromatic hydroxyl groups is 1. The third-order valence-electron chi connectivity index (χ3n) is 12.5. The molecule has 2 aromatic heterocycles. The van der Waals surface area contributed by atoms with E-state index in [1.54, 1.807) is 20.8 Å². The maximum absolute atomic E-state index is 12.6. The fraction of sp³-hybridized carbons (Fsp3) is 0.344. The Balaban J connectivity index is 0.00000861. The number of imidazole rings is 1. The molecule has 6 aromatic carbocycles. The van der Waals surface area contributed by atoms with Crippen molar-refractivity contribution >= 4 is 11.0 Å². The number of benzene rings is 6. The Labute approximate surface area is 439 Å². The smallest absolute Gasteiger partial charge is 0.148 e. The molecule has 360 valence electrons. The maximum Gasteiger partial charge on any atom is 0.148 e. The molecule has 0 aliphatic rings. The summed E-state index contributed by atoms with van der Waals surface area (Å²) >= 11 is 0. The molecule has 0 atom stereocenters. The number of pyridine rings is 1. The maximum atomic E-state index is 12.6. The normalized spacial score (nSPS) is 14.7. The molecule has 8 aromatic rings. The second kappa shape index (κ2) is 18.6. The van der Waals surface area contributed by atoms with Crippen LogP contribution in [0, 0.1) is 18.3 Å². The van der Waals surface area contributed by atoms with Gasteiger partial charge < -0.3 is 5.11 Å². The van der Waals surface area contributed by atoms with Crippen LogP contribution in [0.4, 0.5) is 0 Å². The van der Waals surface area contributed by atoms with Gasteiger partial charge in [-0.15, -0.1) is 29.3 Å². The summed E-state index contributed by atoms with van der Waals surface area (Å²) in [6.45, 7) is 28.1. The molecule has 0 radical (unpaired) electrons. The van der Waals surface area contributed by atoms with E-state index in [0.29, 0.717) is 28.0 Å². The minimum Gasteiger partial charge on any atom is -0.507 e. The first-order chi connectivity index (χ1) is 34.9. The molecule has 0 fully saturated rings. The number of fused-ring (bicyclic) bond motifs is 1. The molecule has 0 saturated carbocycles. The standard InChI is InChI=1S/C64H72N3O.Pt/c1-40-39-65-54(37-50(40)43-27-25-41(26-28-43)38-60(2,3)4)45-31-44(32-47(33-45)62(8,9)10)49-23-20-24-56-57(49)66-59(52-35-48(63(11,12)13)36-53(58(52)68)64(14,15)16)67(56)55-30-29-46(61(5,6)7)34-51(55)42-21-18-17-19-22-42;/h17-30,32-37,39,68H,38H2,1-16H3;/q-1;/i1D3,27D,28D,37D,38D2;. The second-order valence-corrected chi connectivity index (χ2v) is 23.5. The Morgan fingerprint density at radius 1 is 0.623 bits per heavy atom. The van der Waals surface area contributed by atoms with E-state index in [-0.39, 0.29) is 83.7 Å². The Hall–Kier alpha value is -5.57. The van der Waals surface area contributed by atoms with Crippen LogP contribution in [0.5, 0.6) is 5.75 Å². The number of aromatic nitrogens is 3. The van der Waals surface area contributed by atoms with E-state index in [2.05, 4.69) is 147 Å². The number of nitrogens with zero attached hydrogens (tertiary/aromatic N) is 3. The molecule has 8 rings (SSSR count). The molecule has 0 spiro atoms. The van der Waals surface area contributed by atoms with Gasteiger partial charge in [0, 0.05) is 50.9 Å². The van der Waals surface area contributed by atoms with Crippen molar-refractivity contribution in [1.29, 1.82) is 0 Å². The molecule has 1 N–H and O–H groups in total. The van der Waals surface area contributed by atoms with E-state index < -0.39 is 29.5 Å². The first-order valence-corrected chi connectivity index (χ1v) is 23.7. The van der Waals surface area contributed by atoms with E-state index in [0.717, 1.165) is 50.1 Å². The summed E-state index contributed by atoms with van der Waals surface area (Å²) < 4.78 is 74.0. The van der Waals surface area contributed by atoms with Gasteiger partial charge in [0.2, 0.25) is 0 Å². The SMILES string of the molecule is [2H]c1cc(C([2H])([2H])C(C)(C)C)cc([2H])c1-c1c(C([2H])([2H])[2H])cnc(-c2[c-]c(-c3cccc4c3nc(-c3cc(C(C)(C)C)cc(C(C)(C)C)c3O)n4-c3ccc(C(C)(C)C)cc3-c3ccccc3)cc(C(C)(C)C)c2)c1[2H].[Pt]. The van der Waals surface area contributed by atoms with Crippen molar-refractivity contribution in [1.82, 2.24) is 14.5 Å². The predicted molar refractivity (Wildman–Crippen MR) is 289 cm³/mol. The number of hydrogen-bond acceptors (Lipinski definition) is 3. The van der Waals surface area contributed by atoms with Crippen molar-refractivity contribution in [3.8, 4) is 67.5 Å². The van der Waals surface area contributed by atoms with Crippen LogP contribution in [-0.2, 0) is 49.1 Å². The molecule has 0 unspecified atom stereocenters. The monoisotopic (exact) mass is 1100 g/mol. The molecule has 69 heavy (non-hydrogen) atoms. The van der Waals surface area contributed by atoms with Crippen LogP contribution in [0.15, 0.2) is 127 Å². The Kier molecular flexibility index (Phi) is 11.1. The van der Waals surface area contributed by atoms with Gasteiger partial charge >= 0.3 is 0 Å². The minimum atomic E-state index is -2.77. The largest absolute Gasteiger partial charge is 0.507 e. The molecular formula is C64H72N3OPt-. The molecule has 5 heteroatoms. The summed E-state index contributed by atoms with van der Waals surface area (Å²) in [5.41, 5.74) is 8.01. The number of phenolic OH excluding ortho intramolecular Hbond substituents is 1. The van der Waals surface area contributed by atoms with Gasteiger partial charge in [0.1, 0.15) is 11.6 Å². The summed E-state index contributed by atoms with van der Waals surface area (Å²) in [5.74, 6) is 0.692. The van der Waals surface area contributed by atoms with Crippen molar-refractivity contribution in [3.05, 3.63) is 167 Å². The molecule has 0 aliphatic heterocycles. The van der Waals surface area contributed by atoms with E-state index in [9.17, 15) is 9.22 Å². The van der Waals surface area contributed by atoms with Crippen LogP contribution in [0.3, 0.4) is 0 Å². The molecule has 4 nitrogen and oxygen atoms in total. The summed E-state index contributed by atoms with van der Waals surface area (Å²) in [6, 6.07) is 36.5. The van der Waals surface area contributed by atoms with Gasteiger partial charge in [-0.1, -0.05) is 200 Å². The number of hydrogen-bond donors (Lipinski definition) is 1. The third-order valence-corrected chi connectivity index (χ3v) is 12.5. The molecule has 0 bridgehead atoms. The van der Waals surface area contributed by atoms with Gasteiger partial charge in [0.15, 0.2) is 0 Å². The van der Waals surface area contributed by atoms with E-state index in [1.807, 2.05) is 42.5 Å². The summed E-state index contributed by atoms with van der Waals surface area (Å²) in [6.07, 6.45) is -0.717. The Morgan fingerprint density at radius 3 is 1.86 bits per heavy atom. The van der Waals surface area contributed by atoms with Crippen molar-refractivity contribution in [2.45, 2.75) is 139 Å². The van der Waals surface area contributed by atoms with Crippen LogP contribution in [0.25, 0.3) is 72.7 Å².